The Kier molecular flexibility index (Phi) is 4.41. The molecule has 0 radical (unpaired) electrons. The van der Waals surface area contributed by atoms with Gasteiger partial charge in [0.05, 0.1) is 25.3 Å². The number of nitrogens with zero attached hydrogens (tertiary/aromatic N) is 3. The smallest absolute Gasteiger partial charge is 0.305 e. The first-order valence-electron chi connectivity index (χ1n) is 6.32. The number of hydrogen-bond donors (Lipinski definition) is 2. The molecule has 1 aliphatic rings. The first-order chi connectivity index (χ1) is 9.39. The summed E-state index contributed by atoms with van der Waals surface area (Å²) in [5.74, 6) is -0.963. The van der Waals surface area contributed by atoms with Crippen LogP contribution in [0.5, 0.6) is 0 Å². The van der Waals surface area contributed by atoms with Gasteiger partial charge in [0.2, 0.25) is 10.0 Å². The van der Waals surface area contributed by atoms with Crippen molar-refractivity contribution in [1.29, 1.82) is 0 Å². The van der Waals surface area contributed by atoms with E-state index < -0.39 is 22.1 Å². The summed E-state index contributed by atoms with van der Waals surface area (Å²) < 4.78 is 27.3. The molecule has 1 aliphatic heterocycles. The topological polar surface area (TPSA) is 113 Å². The highest BCUT2D eigenvalue weighted by Crippen LogP contribution is 2.20. The van der Waals surface area contributed by atoms with E-state index in [9.17, 15) is 18.3 Å². The number of carboxylic acids is 1. The number of aliphatic hydroxyl groups excluding tert-OH is 1. The van der Waals surface area contributed by atoms with Crippen molar-refractivity contribution >= 4 is 16.0 Å². The Hall–Kier alpha value is -1.45. The van der Waals surface area contributed by atoms with Gasteiger partial charge in [-0.1, -0.05) is 0 Å². The van der Waals surface area contributed by atoms with Gasteiger partial charge in [-0.15, -0.1) is 0 Å². The van der Waals surface area contributed by atoms with Gasteiger partial charge in [-0.2, -0.15) is 9.40 Å². The van der Waals surface area contributed by atoms with Gasteiger partial charge in [-0.05, 0) is 12.8 Å². The molecule has 20 heavy (non-hydrogen) atoms. The third-order valence-corrected chi connectivity index (χ3v) is 5.08. The summed E-state index contributed by atoms with van der Waals surface area (Å²) in [5, 5.41) is 21.8. The SMILES string of the molecule is O=C(O)CCn1cc(S(=O)(=O)N2CCC(O)CC2)cn1. The monoisotopic (exact) mass is 303 g/mol. The van der Waals surface area contributed by atoms with Crippen LogP contribution in [0.15, 0.2) is 17.3 Å². The molecule has 0 atom stereocenters. The van der Waals surface area contributed by atoms with Gasteiger partial charge in [-0.25, -0.2) is 8.42 Å². The number of aromatic nitrogens is 2. The maximum atomic E-state index is 12.3. The Labute approximate surface area is 116 Å². The molecular weight excluding hydrogens is 286 g/mol. The van der Waals surface area contributed by atoms with Crippen molar-refractivity contribution in [3.63, 3.8) is 0 Å². The van der Waals surface area contributed by atoms with E-state index in [-0.39, 0.29) is 31.0 Å². The lowest BCUT2D eigenvalue weighted by Crippen LogP contribution is -2.39. The average molecular weight is 303 g/mol. The van der Waals surface area contributed by atoms with Gasteiger partial charge < -0.3 is 10.2 Å². The molecule has 1 fully saturated rings. The predicted molar refractivity (Wildman–Crippen MR) is 68.5 cm³/mol. The normalized spacial score (nSPS) is 18.2. The lowest BCUT2D eigenvalue weighted by molar-refractivity contribution is -0.137. The maximum absolute atomic E-state index is 12.3. The summed E-state index contributed by atoms with van der Waals surface area (Å²) in [5.41, 5.74) is 0. The zero-order chi connectivity index (χ0) is 14.8. The minimum Gasteiger partial charge on any atom is -0.481 e. The largest absolute Gasteiger partial charge is 0.481 e. The molecule has 1 aromatic heterocycles. The first kappa shape index (κ1) is 14.9. The molecule has 112 valence electrons. The van der Waals surface area contributed by atoms with Crippen molar-refractivity contribution < 1.29 is 23.4 Å². The molecular formula is C11H17N3O5S. The van der Waals surface area contributed by atoms with Gasteiger partial charge >= 0.3 is 5.97 Å². The molecule has 0 saturated carbocycles. The Morgan fingerprint density at radius 1 is 1.40 bits per heavy atom. The average Bonchev–Trinajstić information content (AvgIpc) is 2.86. The highest BCUT2D eigenvalue weighted by molar-refractivity contribution is 7.89. The van der Waals surface area contributed by atoms with Crippen molar-refractivity contribution in [2.24, 2.45) is 0 Å². The van der Waals surface area contributed by atoms with E-state index in [1.54, 1.807) is 0 Å². The number of aliphatic hydroxyl groups is 1. The number of aliphatic carboxylic acids is 1. The van der Waals surface area contributed by atoms with Crippen molar-refractivity contribution in [2.45, 2.75) is 36.8 Å². The van der Waals surface area contributed by atoms with Crippen LogP contribution in [0.25, 0.3) is 0 Å². The molecule has 1 saturated heterocycles. The zero-order valence-electron chi connectivity index (χ0n) is 10.8. The van der Waals surface area contributed by atoms with E-state index in [2.05, 4.69) is 5.10 Å². The van der Waals surface area contributed by atoms with Crippen LogP contribution in [0.1, 0.15) is 19.3 Å². The number of carbonyl (C=O) groups is 1. The minimum atomic E-state index is -3.61. The third kappa shape index (κ3) is 3.35. The number of piperidine rings is 1. The van der Waals surface area contributed by atoms with Crippen molar-refractivity contribution in [3.05, 3.63) is 12.4 Å². The fourth-order valence-electron chi connectivity index (χ4n) is 2.04. The van der Waals surface area contributed by atoms with Crippen LogP contribution < -0.4 is 0 Å². The fraction of sp³-hybridized carbons (Fsp3) is 0.636. The lowest BCUT2D eigenvalue weighted by atomic mass is 10.1. The highest BCUT2D eigenvalue weighted by Gasteiger charge is 2.29. The summed E-state index contributed by atoms with van der Waals surface area (Å²) in [4.78, 5) is 10.5. The standard InChI is InChI=1S/C11H17N3O5S/c15-9-1-5-14(6-2-9)20(18,19)10-7-12-13(8-10)4-3-11(16)17/h7-9,15H,1-6H2,(H,16,17). The summed E-state index contributed by atoms with van der Waals surface area (Å²) in [7, 11) is -3.61. The van der Waals surface area contributed by atoms with Crippen LogP contribution in [-0.2, 0) is 21.4 Å². The van der Waals surface area contributed by atoms with E-state index >= 15 is 0 Å². The third-order valence-electron chi connectivity index (χ3n) is 3.23. The van der Waals surface area contributed by atoms with Crippen molar-refractivity contribution in [2.75, 3.05) is 13.1 Å². The zero-order valence-corrected chi connectivity index (χ0v) is 11.7. The van der Waals surface area contributed by atoms with Gasteiger partial charge in [-0.3, -0.25) is 9.48 Å². The summed E-state index contributed by atoms with van der Waals surface area (Å²) in [6.07, 6.45) is 2.85. The van der Waals surface area contributed by atoms with Crippen molar-refractivity contribution in [3.8, 4) is 0 Å². The predicted octanol–water partition coefficient (Wildman–Crippen LogP) is -0.497. The molecule has 1 aromatic rings. The molecule has 0 aromatic carbocycles. The van der Waals surface area contributed by atoms with Gasteiger partial charge in [0.1, 0.15) is 4.90 Å². The second-order valence-corrected chi connectivity index (χ2v) is 6.66. The summed E-state index contributed by atoms with van der Waals surface area (Å²) in [6, 6.07) is 0. The molecule has 0 spiro atoms. The number of hydrogen-bond acceptors (Lipinski definition) is 5. The molecule has 2 heterocycles. The van der Waals surface area contributed by atoms with E-state index in [1.165, 1.54) is 21.4 Å². The summed E-state index contributed by atoms with van der Waals surface area (Å²) in [6.45, 7) is 0.692. The van der Waals surface area contributed by atoms with Crippen LogP contribution in [0.2, 0.25) is 0 Å². The molecule has 2 rings (SSSR count). The summed E-state index contributed by atoms with van der Waals surface area (Å²) >= 11 is 0. The first-order valence-corrected chi connectivity index (χ1v) is 7.76. The molecule has 0 bridgehead atoms. The Morgan fingerprint density at radius 3 is 2.65 bits per heavy atom. The van der Waals surface area contributed by atoms with E-state index in [0.29, 0.717) is 12.8 Å². The maximum Gasteiger partial charge on any atom is 0.305 e. The van der Waals surface area contributed by atoms with Crippen LogP contribution in [0.4, 0.5) is 0 Å². The fourth-order valence-corrected chi connectivity index (χ4v) is 3.47. The Bertz CT molecular complexity index is 575. The number of carboxylic acid groups (broad SMARTS) is 1. The van der Waals surface area contributed by atoms with Crippen LogP contribution >= 0.6 is 0 Å². The highest BCUT2D eigenvalue weighted by atomic mass is 32.2. The molecule has 2 N–H and O–H groups in total. The molecule has 8 nitrogen and oxygen atoms in total. The quantitative estimate of drug-likeness (QED) is 0.758. The number of aryl methyl sites for hydroxylation is 1. The molecule has 0 amide bonds. The van der Waals surface area contributed by atoms with Gasteiger partial charge in [0.25, 0.3) is 0 Å². The van der Waals surface area contributed by atoms with E-state index in [4.69, 9.17) is 5.11 Å². The van der Waals surface area contributed by atoms with Crippen molar-refractivity contribution in [1.82, 2.24) is 14.1 Å². The van der Waals surface area contributed by atoms with Gasteiger partial charge in [0, 0.05) is 19.3 Å². The number of sulfonamides is 1. The Balaban J connectivity index is 2.08. The number of rotatable bonds is 5. The van der Waals surface area contributed by atoms with Crippen LogP contribution in [0, 0.1) is 0 Å². The second kappa shape index (κ2) is 5.90. The van der Waals surface area contributed by atoms with Crippen LogP contribution in [-0.4, -0.2) is 57.9 Å². The van der Waals surface area contributed by atoms with Crippen LogP contribution in [0.3, 0.4) is 0 Å². The lowest BCUT2D eigenvalue weighted by Gasteiger charge is -2.28. The Morgan fingerprint density at radius 2 is 2.05 bits per heavy atom. The van der Waals surface area contributed by atoms with Gasteiger partial charge in [0.15, 0.2) is 0 Å². The second-order valence-electron chi connectivity index (χ2n) is 4.72. The molecule has 0 unspecified atom stereocenters. The van der Waals surface area contributed by atoms with E-state index in [1.807, 2.05) is 0 Å². The molecule has 9 heteroatoms. The molecule has 0 aliphatic carbocycles. The minimum absolute atomic E-state index is 0.0549. The van der Waals surface area contributed by atoms with E-state index in [0.717, 1.165) is 0 Å².